The predicted molar refractivity (Wildman–Crippen MR) is 69.8 cm³/mol. The maximum Gasteiger partial charge on any atom is 0.218 e. The summed E-state index contributed by atoms with van der Waals surface area (Å²) in [5.41, 5.74) is 6.11. The van der Waals surface area contributed by atoms with Gasteiger partial charge in [-0.25, -0.2) is 0 Å². The first kappa shape index (κ1) is 14.3. The van der Waals surface area contributed by atoms with E-state index in [1.165, 1.54) is 0 Å². The molecule has 1 amide bonds. The van der Waals surface area contributed by atoms with Crippen molar-refractivity contribution in [2.75, 3.05) is 20.8 Å². The van der Waals surface area contributed by atoms with Gasteiger partial charge in [0.1, 0.15) is 11.5 Å². The van der Waals surface area contributed by atoms with Gasteiger partial charge in [0.25, 0.3) is 0 Å². The Kier molecular flexibility index (Phi) is 5.45. The number of ether oxygens (including phenoxy) is 2. The van der Waals surface area contributed by atoms with Crippen LogP contribution in [0.2, 0.25) is 0 Å². The second kappa shape index (κ2) is 6.86. The summed E-state index contributed by atoms with van der Waals surface area (Å²) in [5, 5.41) is 3.22. The molecule has 1 aromatic carbocycles. The molecule has 18 heavy (non-hydrogen) atoms. The SMILES string of the molecule is COc1ccc(C(C)NCCC(N)=O)c(OC)c1. The zero-order chi connectivity index (χ0) is 13.5. The van der Waals surface area contributed by atoms with E-state index in [1.807, 2.05) is 25.1 Å². The van der Waals surface area contributed by atoms with E-state index < -0.39 is 0 Å². The van der Waals surface area contributed by atoms with Crippen molar-refractivity contribution in [2.24, 2.45) is 5.73 Å². The van der Waals surface area contributed by atoms with Crippen LogP contribution in [0.5, 0.6) is 11.5 Å². The van der Waals surface area contributed by atoms with Crippen molar-refractivity contribution >= 4 is 5.91 Å². The van der Waals surface area contributed by atoms with Crippen LogP contribution in [-0.2, 0) is 4.79 Å². The molecule has 5 heteroatoms. The number of amides is 1. The first-order valence-electron chi connectivity index (χ1n) is 5.82. The zero-order valence-electron chi connectivity index (χ0n) is 11.0. The molecule has 0 heterocycles. The van der Waals surface area contributed by atoms with Gasteiger partial charge in [-0.3, -0.25) is 4.79 Å². The third-order valence-corrected chi connectivity index (χ3v) is 2.73. The van der Waals surface area contributed by atoms with Crippen LogP contribution in [0.15, 0.2) is 18.2 Å². The highest BCUT2D eigenvalue weighted by atomic mass is 16.5. The molecule has 1 atom stereocenters. The Morgan fingerprint density at radius 1 is 1.39 bits per heavy atom. The second-order valence-corrected chi connectivity index (χ2v) is 4.00. The van der Waals surface area contributed by atoms with Gasteiger partial charge in [0.2, 0.25) is 5.91 Å². The number of nitrogens with two attached hydrogens (primary N) is 1. The Morgan fingerprint density at radius 3 is 2.67 bits per heavy atom. The Bertz CT molecular complexity index is 407. The van der Waals surface area contributed by atoms with Crippen molar-refractivity contribution in [2.45, 2.75) is 19.4 Å². The highest BCUT2D eigenvalue weighted by Crippen LogP contribution is 2.29. The van der Waals surface area contributed by atoms with Crippen LogP contribution in [0.1, 0.15) is 24.9 Å². The van der Waals surface area contributed by atoms with Crippen LogP contribution < -0.4 is 20.5 Å². The fourth-order valence-corrected chi connectivity index (χ4v) is 1.70. The van der Waals surface area contributed by atoms with Crippen LogP contribution in [-0.4, -0.2) is 26.7 Å². The van der Waals surface area contributed by atoms with E-state index in [-0.39, 0.29) is 11.9 Å². The lowest BCUT2D eigenvalue weighted by Crippen LogP contribution is -2.24. The molecule has 0 saturated heterocycles. The third kappa shape index (κ3) is 3.92. The van der Waals surface area contributed by atoms with E-state index in [1.54, 1.807) is 14.2 Å². The average Bonchev–Trinajstić information content (AvgIpc) is 2.37. The Morgan fingerprint density at radius 2 is 2.11 bits per heavy atom. The van der Waals surface area contributed by atoms with Crippen molar-refractivity contribution in [3.05, 3.63) is 23.8 Å². The minimum Gasteiger partial charge on any atom is -0.497 e. The summed E-state index contributed by atoms with van der Waals surface area (Å²) >= 11 is 0. The molecular formula is C13H20N2O3. The molecule has 1 aromatic rings. The molecule has 1 rings (SSSR count). The second-order valence-electron chi connectivity index (χ2n) is 4.00. The van der Waals surface area contributed by atoms with Gasteiger partial charge in [-0.15, -0.1) is 0 Å². The zero-order valence-corrected chi connectivity index (χ0v) is 11.0. The fourth-order valence-electron chi connectivity index (χ4n) is 1.70. The van der Waals surface area contributed by atoms with Crippen LogP contribution in [0.4, 0.5) is 0 Å². The number of carbonyl (C=O) groups is 1. The Hall–Kier alpha value is -1.75. The summed E-state index contributed by atoms with van der Waals surface area (Å²) in [6.07, 6.45) is 0.322. The molecular weight excluding hydrogens is 232 g/mol. The van der Waals surface area contributed by atoms with Crippen molar-refractivity contribution in [3.8, 4) is 11.5 Å². The number of rotatable bonds is 7. The van der Waals surface area contributed by atoms with Crippen LogP contribution in [0.25, 0.3) is 0 Å². The van der Waals surface area contributed by atoms with Gasteiger partial charge in [0, 0.05) is 30.6 Å². The summed E-state index contributed by atoms with van der Waals surface area (Å²) in [4.78, 5) is 10.7. The topological polar surface area (TPSA) is 73.6 Å². The number of benzene rings is 1. The first-order chi connectivity index (χ1) is 8.58. The molecule has 3 N–H and O–H groups in total. The normalized spacial score (nSPS) is 11.9. The highest BCUT2D eigenvalue weighted by Gasteiger charge is 2.12. The van der Waals surface area contributed by atoms with Crippen molar-refractivity contribution in [1.82, 2.24) is 5.32 Å². The molecule has 0 spiro atoms. The van der Waals surface area contributed by atoms with Gasteiger partial charge in [0.15, 0.2) is 0 Å². The van der Waals surface area contributed by atoms with E-state index in [2.05, 4.69) is 5.32 Å². The van der Waals surface area contributed by atoms with E-state index >= 15 is 0 Å². The number of hydrogen-bond acceptors (Lipinski definition) is 4. The van der Waals surface area contributed by atoms with Crippen LogP contribution >= 0.6 is 0 Å². The smallest absolute Gasteiger partial charge is 0.218 e. The molecule has 0 saturated carbocycles. The maximum absolute atomic E-state index is 10.7. The summed E-state index contributed by atoms with van der Waals surface area (Å²) in [6.45, 7) is 2.55. The molecule has 0 aliphatic rings. The molecule has 0 radical (unpaired) electrons. The molecule has 0 aliphatic heterocycles. The lowest BCUT2D eigenvalue weighted by atomic mass is 10.1. The van der Waals surface area contributed by atoms with Gasteiger partial charge in [-0.2, -0.15) is 0 Å². The third-order valence-electron chi connectivity index (χ3n) is 2.73. The summed E-state index contributed by atoms with van der Waals surface area (Å²) in [6, 6.07) is 5.73. The van der Waals surface area contributed by atoms with Gasteiger partial charge >= 0.3 is 0 Å². The number of nitrogens with one attached hydrogen (secondary N) is 1. The monoisotopic (exact) mass is 252 g/mol. The average molecular weight is 252 g/mol. The van der Waals surface area contributed by atoms with Gasteiger partial charge in [-0.1, -0.05) is 6.07 Å². The highest BCUT2D eigenvalue weighted by molar-refractivity contribution is 5.73. The molecule has 0 bridgehead atoms. The van der Waals surface area contributed by atoms with Crippen LogP contribution in [0.3, 0.4) is 0 Å². The summed E-state index contributed by atoms with van der Waals surface area (Å²) in [7, 11) is 3.23. The number of hydrogen-bond donors (Lipinski definition) is 2. The van der Waals surface area contributed by atoms with Gasteiger partial charge in [0.05, 0.1) is 14.2 Å². The summed E-state index contributed by atoms with van der Waals surface area (Å²) < 4.78 is 10.5. The minimum absolute atomic E-state index is 0.0743. The lowest BCUT2D eigenvalue weighted by Gasteiger charge is -2.17. The predicted octanol–water partition coefficient (Wildman–Crippen LogP) is 1.23. The molecule has 1 unspecified atom stereocenters. The largest absolute Gasteiger partial charge is 0.497 e. The molecule has 0 aliphatic carbocycles. The van der Waals surface area contributed by atoms with E-state index in [0.717, 1.165) is 17.1 Å². The Balaban J connectivity index is 2.72. The molecule has 0 aromatic heterocycles. The van der Waals surface area contributed by atoms with Crippen molar-refractivity contribution in [1.29, 1.82) is 0 Å². The van der Waals surface area contributed by atoms with E-state index in [9.17, 15) is 4.79 Å². The molecule has 5 nitrogen and oxygen atoms in total. The minimum atomic E-state index is -0.309. The number of carbonyl (C=O) groups excluding carboxylic acids is 1. The first-order valence-corrected chi connectivity index (χ1v) is 5.82. The van der Waals surface area contributed by atoms with Gasteiger partial charge in [-0.05, 0) is 13.0 Å². The molecule has 0 fully saturated rings. The summed E-state index contributed by atoms with van der Waals surface area (Å²) in [5.74, 6) is 1.20. The standard InChI is InChI=1S/C13H20N2O3/c1-9(15-7-6-13(14)16)11-5-4-10(17-2)8-12(11)18-3/h4-5,8-9,15H,6-7H2,1-3H3,(H2,14,16). The quantitative estimate of drug-likeness (QED) is 0.765. The fraction of sp³-hybridized carbons (Fsp3) is 0.462. The molecule has 100 valence electrons. The van der Waals surface area contributed by atoms with E-state index in [4.69, 9.17) is 15.2 Å². The number of methoxy groups -OCH3 is 2. The lowest BCUT2D eigenvalue weighted by molar-refractivity contribution is -0.117. The van der Waals surface area contributed by atoms with E-state index in [0.29, 0.717) is 13.0 Å². The number of primary amides is 1. The van der Waals surface area contributed by atoms with Crippen molar-refractivity contribution < 1.29 is 14.3 Å². The van der Waals surface area contributed by atoms with Gasteiger partial charge < -0.3 is 20.5 Å². The Labute approximate surface area is 107 Å². The van der Waals surface area contributed by atoms with Crippen LogP contribution in [0, 0.1) is 0 Å². The van der Waals surface area contributed by atoms with Crippen molar-refractivity contribution in [3.63, 3.8) is 0 Å². The maximum atomic E-state index is 10.7.